The fourth-order valence-electron chi connectivity index (χ4n) is 3.15. The molecule has 26 heavy (non-hydrogen) atoms. The average molecular weight is 353 g/mol. The van der Waals surface area contributed by atoms with Crippen molar-refractivity contribution in [2.45, 2.75) is 33.1 Å². The highest BCUT2D eigenvalue weighted by molar-refractivity contribution is 5.99. The van der Waals surface area contributed by atoms with Crippen LogP contribution in [0.4, 0.5) is 5.69 Å². The molecule has 5 nitrogen and oxygen atoms in total. The number of amides is 1. The molecule has 0 spiro atoms. The summed E-state index contributed by atoms with van der Waals surface area (Å²) in [7, 11) is 0. The number of carbonyl (C=O) groups excluding carboxylic acids is 1. The van der Waals surface area contributed by atoms with Crippen molar-refractivity contribution in [3.8, 4) is 11.5 Å². The highest BCUT2D eigenvalue weighted by Gasteiger charge is 2.34. The van der Waals surface area contributed by atoms with E-state index < -0.39 is 11.9 Å². The molecule has 5 heteroatoms. The summed E-state index contributed by atoms with van der Waals surface area (Å²) in [5, 5.41) is 9.10. The molecule has 0 aromatic heterocycles. The highest BCUT2D eigenvalue weighted by atomic mass is 16.5. The number of hydrogen-bond acceptors (Lipinski definition) is 3. The summed E-state index contributed by atoms with van der Waals surface area (Å²) in [6, 6.07) is 13.4. The summed E-state index contributed by atoms with van der Waals surface area (Å²) in [6.45, 7) is 6.48. The van der Waals surface area contributed by atoms with Gasteiger partial charge in [-0.05, 0) is 54.3 Å². The van der Waals surface area contributed by atoms with Crippen LogP contribution in [0.15, 0.2) is 42.5 Å². The fraction of sp³-hybridized carbons (Fsp3) is 0.333. The molecule has 136 valence electrons. The predicted octanol–water partition coefficient (Wildman–Crippen LogP) is 4.35. The number of ether oxygens (including phenoxy) is 1. The van der Waals surface area contributed by atoms with Gasteiger partial charge in [0.1, 0.15) is 11.5 Å². The second kappa shape index (κ2) is 7.20. The van der Waals surface area contributed by atoms with Crippen LogP contribution in [0.1, 0.15) is 37.3 Å². The molecule has 1 atom stereocenters. The number of rotatable bonds is 5. The molecule has 1 heterocycles. The van der Waals surface area contributed by atoms with Gasteiger partial charge in [-0.25, -0.2) is 0 Å². The topological polar surface area (TPSA) is 66.8 Å². The number of anilines is 1. The lowest BCUT2D eigenvalue weighted by molar-refractivity contribution is -0.141. The molecule has 1 N–H and O–H groups in total. The maximum atomic E-state index is 12.1. The van der Waals surface area contributed by atoms with Crippen LogP contribution in [0.25, 0.3) is 0 Å². The van der Waals surface area contributed by atoms with E-state index in [1.807, 2.05) is 25.1 Å². The minimum atomic E-state index is -0.929. The molecule has 0 bridgehead atoms. The molecule has 1 aliphatic heterocycles. The third kappa shape index (κ3) is 3.72. The van der Waals surface area contributed by atoms with Crippen LogP contribution in [0.5, 0.6) is 11.5 Å². The third-order valence-electron chi connectivity index (χ3n) is 4.64. The number of benzene rings is 2. The van der Waals surface area contributed by atoms with Gasteiger partial charge in [-0.2, -0.15) is 0 Å². The molecular formula is C21H23NO4. The Balaban J connectivity index is 1.78. The standard InChI is InChI=1S/C21H23NO4/c1-13(2)18-9-4-14(3)10-19(18)26-17-7-5-16(6-8-17)22-12-15(21(24)25)11-20(22)23/h4-10,13,15H,11-12H2,1-3H3,(H,24,25). The van der Waals surface area contributed by atoms with Crippen molar-refractivity contribution < 1.29 is 19.4 Å². The van der Waals surface area contributed by atoms with Crippen molar-refractivity contribution >= 4 is 17.6 Å². The Morgan fingerprint density at radius 1 is 1.19 bits per heavy atom. The number of hydrogen-bond donors (Lipinski definition) is 1. The Morgan fingerprint density at radius 2 is 1.88 bits per heavy atom. The molecule has 2 aromatic rings. The van der Waals surface area contributed by atoms with Crippen molar-refractivity contribution in [1.82, 2.24) is 0 Å². The zero-order valence-corrected chi connectivity index (χ0v) is 15.2. The first-order chi connectivity index (χ1) is 12.3. The normalized spacial score (nSPS) is 17.0. The van der Waals surface area contributed by atoms with E-state index in [1.54, 1.807) is 12.1 Å². The number of carbonyl (C=O) groups is 2. The van der Waals surface area contributed by atoms with Gasteiger partial charge < -0.3 is 14.7 Å². The molecule has 2 aromatic carbocycles. The van der Waals surface area contributed by atoms with E-state index in [2.05, 4.69) is 26.0 Å². The Kier molecular flexibility index (Phi) is 4.98. The summed E-state index contributed by atoms with van der Waals surface area (Å²) in [6.07, 6.45) is 0.0502. The van der Waals surface area contributed by atoms with E-state index in [0.717, 1.165) is 16.9 Å². The summed E-state index contributed by atoms with van der Waals surface area (Å²) >= 11 is 0. The summed E-state index contributed by atoms with van der Waals surface area (Å²) in [5.41, 5.74) is 2.96. The first-order valence-electron chi connectivity index (χ1n) is 8.77. The molecule has 3 rings (SSSR count). The van der Waals surface area contributed by atoms with Crippen molar-refractivity contribution in [2.75, 3.05) is 11.4 Å². The second-order valence-corrected chi connectivity index (χ2v) is 7.04. The van der Waals surface area contributed by atoms with Gasteiger partial charge in [0.2, 0.25) is 5.91 Å². The lowest BCUT2D eigenvalue weighted by atomic mass is 10.0. The Labute approximate surface area is 153 Å². The van der Waals surface area contributed by atoms with E-state index >= 15 is 0 Å². The van der Waals surface area contributed by atoms with E-state index in [4.69, 9.17) is 9.84 Å². The maximum Gasteiger partial charge on any atom is 0.308 e. The number of nitrogens with zero attached hydrogens (tertiary/aromatic N) is 1. The van der Waals surface area contributed by atoms with Crippen LogP contribution in [0.2, 0.25) is 0 Å². The van der Waals surface area contributed by atoms with Crippen LogP contribution < -0.4 is 9.64 Å². The van der Waals surface area contributed by atoms with Crippen molar-refractivity contribution in [2.24, 2.45) is 5.92 Å². The molecule has 1 unspecified atom stereocenters. The van der Waals surface area contributed by atoms with Crippen molar-refractivity contribution in [3.05, 3.63) is 53.6 Å². The van der Waals surface area contributed by atoms with Crippen molar-refractivity contribution in [3.63, 3.8) is 0 Å². The van der Waals surface area contributed by atoms with E-state index in [0.29, 0.717) is 17.4 Å². The maximum absolute atomic E-state index is 12.1. The second-order valence-electron chi connectivity index (χ2n) is 7.04. The van der Waals surface area contributed by atoms with Gasteiger partial charge in [0.05, 0.1) is 5.92 Å². The third-order valence-corrected chi connectivity index (χ3v) is 4.64. The van der Waals surface area contributed by atoms with Gasteiger partial charge in [-0.15, -0.1) is 0 Å². The molecular weight excluding hydrogens is 330 g/mol. The van der Waals surface area contributed by atoms with Gasteiger partial charge in [0.15, 0.2) is 0 Å². The van der Waals surface area contributed by atoms with Gasteiger partial charge in [0.25, 0.3) is 0 Å². The monoisotopic (exact) mass is 353 g/mol. The molecule has 1 fully saturated rings. The van der Waals surface area contributed by atoms with E-state index in [1.165, 1.54) is 4.90 Å². The number of carboxylic acid groups (broad SMARTS) is 1. The first kappa shape index (κ1) is 18.0. The Hall–Kier alpha value is -2.82. The summed E-state index contributed by atoms with van der Waals surface area (Å²) in [4.78, 5) is 24.7. The number of carboxylic acids is 1. The minimum Gasteiger partial charge on any atom is -0.481 e. The molecule has 0 saturated carbocycles. The van der Waals surface area contributed by atoms with Crippen LogP contribution in [0.3, 0.4) is 0 Å². The lowest BCUT2D eigenvalue weighted by Crippen LogP contribution is -2.25. The molecule has 1 amide bonds. The minimum absolute atomic E-state index is 0.0502. The average Bonchev–Trinajstić information content (AvgIpc) is 2.97. The zero-order valence-electron chi connectivity index (χ0n) is 15.2. The van der Waals surface area contributed by atoms with E-state index in [-0.39, 0.29) is 18.9 Å². The van der Waals surface area contributed by atoms with Gasteiger partial charge in [0, 0.05) is 18.7 Å². The molecule has 1 saturated heterocycles. The van der Waals surface area contributed by atoms with Crippen LogP contribution in [-0.4, -0.2) is 23.5 Å². The van der Waals surface area contributed by atoms with E-state index in [9.17, 15) is 9.59 Å². The largest absolute Gasteiger partial charge is 0.481 e. The van der Waals surface area contributed by atoms with Crippen LogP contribution in [0, 0.1) is 12.8 Å². The van der Waals surface area contributed by atoms with Gasteiger partial charge in [-0.3, -0.25) is 9.59 Å². The van der Waals surface area contributed by atoms with Crippen molar-refractivity contribution in [1.29, 1.82) is 0 Å². The smallest absolute Gasteiger partial charge is 0.308 e. The van der Waals surface area contributed by atoms with Gasteiger partial charge >= 0.3 is 5.97 Å². The Bertz CT molecular complexity index is 826. The number of aliphatic carboxylic acids is 1. The van der Waals surface area contributed by atoms with Gasteiger partial charge in [-0.1, -0.05) is 26.0 Å². The number of aryl methyl sites for hydroxylation is 1. The quantitative estimate of drug-likeness (QED) is 0.868. The fourth-order valence-corrected chi connectivity index (χ4v) is 3.15. The first-order valence-corrected chi connectivity index (χ1v) is 8.77. The zero-order chi connectivity index (χ0) is 18.8. The summed E-state index contributed by atoms with van der Waals surface area (Å²) in [5.74, 6) is 0.131. The lowest BCUT2D eigenvalue weighted by Gasteiger charge is -2.18. The van der Waals surface area contributed by atoms with Crippen LogP contribution in [-0.2, 0) is 9.59 Å². The highest BCUT2D eigenvalue weighted by Crippen LogP contribution is 2.33. The molecule has 0 aliphatic carbocycles. The summed E-state index contributed by atoms with van der Waals surface area (Å²) < 4.78 is 6.06. The molecule has 0 radical (unpaired) electrons. The van der Waals surface area contributed by atoms with Crippen LogP contribution >= 0.6 is 0 Å². The SMILES string of the molecule is Cc1ccc(C(C)C)c(Oc2ccc(N3CC(C(=O)O)CC3=O)cc2)c1. The molecule has 1 aliphatic rings. The predicted molar refractivity (Wildman–Crippen MR) is 99.9 cm³/mol. The Morgan fingerprint density at radius 3 is 2.46 bits per heavy atom.